The molecule has 0 aliphatic carbocycles. The molecule has 0 fully saturated rings. The number of nitrogens with zero attached hydrogens (tertiary/aromatic N) is 2. The van der Waals surface area contributed by atoms with Crippen molar-refractivity contribution in [2.45, 2.75) is 39.0 Å². The largest absolute Gasteiger partial charge is 0.369 e. The van der Waals surface area contributed by atoms with Crippen molar-refractivity contribution in [3.63, 3.8) is 0 Å². The highest BCUT2D eigenvalue weighted by atomic mass is 15.3. The molecule has 2 N–H and O–H groups in total. The van der Waals surface area contributed by atoms with Crippen molar-refractivity contribution in [3.05, 3.63) is 59.7 Å². The molecule has 0 bridgehead atoms. The van der Waals surface area contributed by atoms with E-state index in [9.17, 15) is 0 Å². The van der Waals surface area contributed by atoms with Crippen molar-refractivity contribution >= 4 is 17.3 Å². The van der Waals surface area contributed by atoms with Gasteiger partial charge in [0.25, 0.3) is 0 Å². The third-order valence-electron chi connectivity index (χ3n) is 4.70. The highest BCUT2D eigenvalue weighted by Gasteiger charge is 2.18. The molecule has 0 spiro atoms. The van der Waals surface area contributed by atoms with Crippen LogP contribution in [0.15, 0.2) is 53.5 Å². The zero-order chi connectivity index (χ0) is 16.2. The number of rotatable bonds is 3. The smallest absolute Gasteiger partial charge is 0.201 e. The number of fused-ring (bicyclic) bond motifs is 1. The maximum Gasteiger partial charge on any atom is 0.201 e. The summed E-state index contributed by atoms with van der Waals surface area (Å²) in [5.41, 5.74) is 11.1. The summed E-state index contributed by atoms with van der Waals surface area (Å²) in [6, 6.07) is 16.9. The first-order chi connectivity index (χ1) is 11.2. The molecule has 0 aromatic heterocycles. The van der Waals surface area contributed by atoms with Gasteiger partial charge in [-0.3, -0.25) is 0 Å². The van der Waals surface area contributed by atoms with E-state index in [0.717, 1.165) is 31.5 Å². The second-order valence-electron chi connectivity index (χ2n) is 6.25. The van der Waals surface area contributed by atoms with Gasteiger partial charge in [0.15, 0.2) is 0 Å². The molecule has 2 aromatic carbocycles. The quantitative estimate of drug-likeness (QED) is 0.665. The second kappa shape index (κ2) is 6.86. The van der Waals surface area contributed by atoms with Gasteiger partial charge >= 0.3 is 0 Å². The number of para-hydroxylation sites is 1. The van der Waals surface area contributed by atoms with Gasteiger partial charge in [0.2, 0.25) is 5.96 Å². The summed E-state index contributed by atoms with van der Waals surface area (Å²) < 4.78 is 0. The topological polar surface area (TPSA) is 41.6 Å². The second-order valence-corrected chi connectivity index (χ2v) is 6.25. The number of benzene rings is 2. The van der Waals surface area contributed by atoms with Gasteiger partial charge in [0.05, 0.1) is 5.69 Å². The first-order valence-electron chi connectivity index (χ1n) is 8.48. The molecule has 0 radical (unpaired) electrons. The van der Waals surface area contributed by atoms with Gasteiger partial charge in [0, 0.05) is 12.2 Å². The van der Waals surface area contributed by atoms with E-state index in [1.165, 1.54) is 16.8 Å². The molecule has 0 saturated carbocycles. The van der Waals surface area contributed by atoms with Crippen LogP contribution in [0.4, 0.5) is 11.4 Å². The monoisotopic (exact) mass is 307 g/mol. The molecule has 1 heterocycles. The average Bonchev–Trinajstić information content (AvgIpc) is 2.61. The predicted octanol–water partition coefficient (Wildman–Crippen LogP) is 4.60. The Bertz CT molecular complexity index is 688. The molecule has 1 aliphatic heterocycles. The number of nitrogens with two attached hydrogens (primary N) is 1. The Kier molecular flexibility index (Phi) is 4.65. The number of hydrogen-bond donors (Lipinski definition) is 1. The maximum absolute atomic E-state index is 6.30. The Hall–Kier alpha value is -2.29. The van der Waals surface area contributed by atoms with E-state index in [1.807, 2.05) is 0 Å². The Labute approximate surface area is 138 Å². The van der Waals surface area contributed by atoms with E-state index in [2.05, 4.69) is 72.3 Å². The molecule has 1 aliphatic rings. The van der Waals surface area contributed by atoms with Gasteiger partial charge < -0.3 is 10.6 Å². The van der Waals surface area contributed by atoms with Gasteiger partial charge in [-0.2, -0.15) is 0 Å². The van der Waals surface area contributed by atoms with Crippen molar-refractivity contribution in [1.29, 1.82) is 0 Å². The zero-order valence-corrected chi connectivity index (χ0v) is 14.0. The summed E-state index contributed by atoms with van der Waals surface area (Å²) in [6.07, 6.45) is 3.37. The van der Waals surface area contributed by atoms with Crippen molar-refractivity contribution in [2.24, 2.45) is 10.7 Å². The van der Waals surface area contributed by atoms with Crippen molar-refractivity contribution < 1.29 is 0 Å². The summed E-state index contributed by atoms with van der Waals surface area (Å²) in [4.78, 5) is 6.75. The van der Waals surface area contributed by atoms with E-state index < -0.39 is 0 Å². The lowest BCUT2D eigenvalue weighted by atomic mass is 9.99. The van der Waals surface area contributed by atoms with Crippen molar-refractivity contribution in [2.75, 3.05) is 11.4 Å². The van der Waals surface area contributed by atoms with Crippen LogP contribution in [-0.4, -0.2) is 12.5 Å². The third kappa shape index (κ3) is 3.39. The molecule has 0 amide bonds. The first-order valence-corrected chi connectivity index (χ1v) is 8.48. The Morgan fingerprint density at radius 3 is 2.65 bits per heavy atom. The Morgan fingerprint density at radius 1 is 1.17 bits per heavy atom. The fourth-order valence-corrected chi connectivity index (χ4v) is 3.08. The van der Waals surface area contributed by atoms with Crippen LogP contribution in [0.3, 0.4) is 0 Å². The van der Waals surface area contributed by atoms with Gasteiger partial charge in [-0.15, -0.1) is 0 Å². The molecular weight excluding hydrogens is 282 g/mol. The van der Waals surface area contributed by atoms with E-state index in [-0.39, 0.29) is 0 Å². The minimum Gasteiger partial charge on any atom is -0.369 e. The number of hydrogen-bond acceptors (Lipinski definition) is 1. The third-order valence-corrected chi connectivity index (χ3v) is 4.70. The molecule has 3 heteroatoms. The van der Waals surface area contributed by atoms with Gasteiger partial charge in [0.1, 0.15) is 0 Å². The molecular formula is C20H25N3. The van der Waals surface area contributed by atoms with E-state index in [0.29, 0.717) is 11.9 Å². The summed E-state index contributed by atoms with van der Waals surface area (Å²) in [6.45, 7) is 5.39. The fourth-order valence-electron chi connectivity index (χ4n) is 3.08. The number of guanidine groups is 1. The van der Waals surface area contributed by atoms with E-state index >= 15 is 0 Å². The Morgan fingerprint density at radius 2 is 1.91 bits per heavy atom. The molecule has 0 saturated heterocycles. The predicted molar refractivity (Wildman–Crippen MR) is 98.5 cm³/mol. The summed E-state index contributed by atoms with van der Waals surface area (Å²) in [5.74, 6) is 1.16. The number of aryl methyl sites for hydroxylation is 1. The van der Waals surface area contributed by atoms with Crippen molar-refractivity contribution in [3.8, 4) is 0 Å². The molecule has 3 nitrogen and oxygen atoms in total. The minimum atomic E-state index is 0.577. The van der Waals surface area contributed by atoms with Gasteiger partial charge in [-0.25, -0.2) is 4.99 Å². The summed E-state index contributed by atoms with van der Waals surface area (Å²) in [5, 5.41) is 0. The minimum absolute atomic E-state index is 0.577. The first kappa shape index (κ1) is 15.6. The van der Waals surface area contributed by atoms with Crippen molar-refractivity contribution in [1.82, 2.24) is 0 Å². The standard InChI is InChI=1S/C20H25N3/c1-3-15(2)16-10-12-18(13-11-16)22-20(21)23-14-6-8-17-7-4-5-9-19(17)23/h4-5,7,9-13,15H,3,6,8,14H2,1-2H3,(H2,21,22). The van der Waals surface area contributed by atoms with Crippen LogP contribution in [0, 0.1) is 0 Å². The van der Waals surface area contributed by atoms with Crippen LogP contribution in [0.5, 0.6) is 0 Å². The fraction of sp³-hybridized carbons (Fsp3) is 0.350. The van der Waals surface area contributed by atoms with Gasteiger partial charge in [-0.05, 0) is 54.5 Å². The lowest BCUT2D eigenvalue weighted by molar-refractivity contribution is 0.734. The van der Waals surface area contributed by atoms with Crippen LogP contribution < -0.4 is 10.6 Å². The maximum atomic E-state index is 6.30. The normalized spacial score (nSPS) is 16.1. The zero-order valence-electron chi connectivity index (χ0n) is 14.0. The average molecular weight is 307 g/mol. The molecule has 1 unspecified atom stereocenters. The summed E-state index contributed by atoms with van der Waals surface area (Å²) >= 11 is 0. The molecule has 2 aromatic rings. The molecule has 23 heavy (non-hydrogen) atoms. The highest BCUT2D eigenvalue weighted by Crippen LogP contribution is 2.27. The molecule has 120 valence electrons. The highest BCUT2D eigenvalue weighted by molar-refractivity contribution is 5.97. The SMILES string of the molecule is CCC(C)c1ccc(N=C(N)N2CCCc3ccccc32)cc1. The van der Waals surface area contributed by atoms with Crippen LogP contribution in [0.2, 0.25) is 0 Å². The van der Waals surface area contributed by atoms with Crippen LogP contribution in [-0.2, 0) is 6.42 Å². The Balaban J connectivity index is 1.83. The van der Waals surface area contributed by atoms with Gasteiger partial charge in [-0.1, -0.05) is 44.2 Å². The molecule has 1 atom stereocenters. The van der Waals surface area contributed by atoms with E-state index in [4.69, 9.17) is 5.73 Å². The van der Waals surface area contributed by atoms with Crippen LogP contribution in [0.1, 0.15) is 43.7 Å². The van der Waals surface area contributed by atoms with Crippen LogP contribution in [0.25, 0.3) is 0 Å². The van der Waals surface area contributed by atoms with Crippen LogP contribution >= 0.6 is 0 Å². The number of aliphatic imine (C=N–C) groups is 1. The lowest BCUT2D eigenvalue weighted by Gasteiger charge is -2.30. The summed E-state index contributed by atoms with van der Waals surface area (Å²) in [7, 11) is 0. The number of anilines is 1. The molecule has 3 rings (SSSR count). The van der Waals surface area contributed by atoms with E-state index in [1.54, 1.807) is 0 Å². The lowest BCUT2D eigenvalue weighted by Crippen LogP contribution is -2.40.